The van der Waals surface area contributed by atoms with Crippen LogP contribution in [0.4, 0.5) is 11.4 Å². The third-order valence-corrected chi connectivity index (χ3v) is 2.05. The van der Waals surface area contributed by atoms with Gasteiger partial charge in [-0.2, -0.15) is 0 Å². The van der Waals surface area contributed by atoms with Gasteiger partial charge in [0.25, 0.3) is 6.72 Å². The van der Waals surface area contributed by atoms with Crippen molar-refractivity contribution in [2.45, 2.75) is 19.8 Å². The van der Waals surface area contributed by atoms with E-state index in [0.717, 1.165) is 5.56 Å². The van der Waals surface area contributed by atoms with Gasteiger partial charge in [0.1, 0.15) is 5.11 Å². The van der Waals surface area contributed by atoms with Crippen LogP contribution in [0.25, 0.3) is 0 Å². The summed E-state index contributed by atoms with van der Waals surface area (Å²) < 4.78 is 0. The summed E-state index contributed by atoms with van der Waals surface area (Å²) in [4.78, 5) is 3.32. The van der Waals surface area contributed by atoms with Crippen molar-refractivity contribution in [2.24, 2.45) is 5.11 Å². The lowest BCUT2D eigenvalue weighted by atomic mass is 10.0. The molecule has 1 rings (SSSR count). The Morgan fingerprint density at radius 3 is 2.67 bits per heavy atom. The Morgan fingerprint density at radius 1 is 1.53 bits per heavy atom. The molecule has 0 saturated carbocycles. The molecule has 0 aromatic heterocycles. The van der Waals surface area contributed by atoms with Crippen molar-refractivity contribution in [3.8, 4) is 0 Å². The maximum absolute atomic E-state index is 10.9. The molecule has 0 saturated heterocycles. The third kappa shape index (κ3) is 2.63. The maximum Gasteiger partial charge on any atom is 0.296 e. The van der Waals surface area contributed by atoms with Gasteiger partial charge in [-0.1, -0.05) is 19.9 Å². The summed E-state index contributed by atoms with van der Waals surface area (Å²) in [6.07, 6.45) is 0. The van der Waals surface area contributed by atoms with Gasteiger partial charge in [-0.25, -0.2) is 0 Å². The fourth-order valence-corrected chi connectivity index (χ4v) is 1.21. The van der Waals surface area contributed by atoms with Crippen molar-refractivity contribution in [3.05, 3.63) is 29.0 Å². The van der Waals surface area contributed by atoms with E-state index in [1.54, 1.807) is 12.1 Å². The lowest BCUT2D eigenvalue weighted by Gasteiger charge is -2.23. The molecule has 1 aromatic carbocycles. The van der Waals surface area contributed by atoms with Crippen LogP contribution in [0.5, 0.6) is 0 Å². The minimum Gasteiger partial charge on any atom is -0.733 e. The third-order valence-electron chi connectivity index (χ3n) is 2.05. The minimum absolute atomic E-state index is 0.0774. The summed E-state index contributed by atoms with van der Waals surface area (Å²) in [7, 11) is 0. The molecule has 15 heavy (non-hydrogen) atoms. The van der Waals surface area contributed by atoms with Gasteiger partial charge in [-0.15, -0.1) is 0 Å². The van der Waals surface area contributed by atoms with Crippen molar-refractivity contribution in [1.82, 2.24) is 0 Å². The molecule has 5 nitrogen and oxygen atoms in total. The molecule has 80 valence electrons. The van der Waals surface area contributed by atoms with Crippen LogP contribution in [0.15, 0.2) is 23.3 Å². The molecule has 0 atom stereocenters. The predicted molar refractivity (Wildman–Crippen MR) is 57.6 cm³/mol. The quantitative estimate of drug-likeness (QED) is 0.358. The summed E-state index contributed by atoms with van der Waals surface area (Å²) in [6, 6.07) is 5.05. The molecular formula is C10H13N3O2. The van der Waals surface area contributed by atoms with Crippen molar-refractivity contribution in [1.29, 1.82) is 0 Å². The molecule has 0 spiro atoms. The monoisotopic (exact) mass is 207 g/mol. The first kappa shape index (κ1) is 11.4. The predicted octanol–water partition coefficient (Wildman–Crippen LogP) is 2.50. The van der Waals surface area contributed by atoms with E-state index in [0.29, 0.717) is 5.69 Å². The highest BCUT2D eigenvalue weighted by atomic mass is 16.8. The van der Waals surface area contributed by atoms with Gasteiger partial charge in [0, 0.05) is 4.79 Å². The van der Waals surface area contributed by atoms with Gasteiger partial charge in [-0.3, -0.25) is 5.21 Å². The fourth-order valence-electron chi connectivity index (χ4n) is 1.21. The maximum atomic E-state index is 10.9. The first-order valence-electron chi connectivity index (χ1n) is 4.53. The Hall–Kier alpha value is -1.68. The molecule has 1 N–H and O–H groups in total. The van der Waals surface area contributed by atoms with Crippen LogP contribution >= 0.6 is 0 Å². The van der Waals surface area contributed by atoms with Crippen LogP contribution in [-0.4, -0.2) is 16.7 Å². The van der Waals surface area contributed by atoms with E-state index in [4.69, 9.17) is 5.21 Å². The molecule has 0 aliphatic carbocycles. The molecular weight excluding hydrogens is 194 g/mol. The summed E-state index contributed by atoms with van der Waals surface area (Å²) >= 11 is 0. The normalized spacial score (nSPS) is 9.93. The van der Waals surface area contributed by atoms with Gasteiger partial charge in [0.15, 0.2) is 5.69 Å². The summed E-state index contributed by atoms with van der Waals surface area (Å²) in [5.74, 6) is 0.273. The Labute approximate surface area is 87.9 Å². The van der Waals surface area contributed by atoms with Gasteiger partial charge in [0.05, 0.1) is 5.69 Å². The zero-order chi connectivity index (χ0) is 11.4. The van der Waals surface area contributed by atoms with Gasteiger partial charge >= 0.3 is 0 Å². The average molecular weight is 207 g/mol. The van der Waals surface area contributed by atoms with Crippen molar-refractivity contribution in [3.63, 3.8) is 0 Å². The van der Waals surface area contributed by atoms with Crippen LogP contribution in [0.3, 0.4) is 0 Å². The lowest BCUT2D eigenvalue weighted by molar-refractivity contribution is -0.0631. The smallest absolute Gasteiger partial charge is 0.296 e. The molecule has 0 radical (unpaired) electrons. The molecule has 0 aliphatic heterocycles. The number of hydrogen-bond donors (Lipinski definition) is 1. The second kappa shape index (κ2) is 4.70. The van der Waals surface area contributed by atoms with E-state index in [-0.39, 0.29) is 16.8 Å². The molecule has 0 aliphatic rings. The lowest BCUT2D eigenvalue weighted by Crippen LogP contribution is -2.07. The molecule has 0 amide bonds. The van der Waals surface area contributed by atoms with E-state index in [1.165, 1.54) is 0 Å². The highest BCUT2D eigenvalue weighted by Crippen LogP contribution is 2.30. The van der Waals surface area contributed by atoms with Crippen LogP contribution < -0.4 is 5.23 Å². The Balaban J connectivity index is 3.26. The molecule has 0 fully saturated rings. The van der Waals surface area contributed by atoms with E-state index >= 15 is 0 Å². The van der Waals surface area contributed by atoms with Gasteiger partial charge in [-0.05, 0) is 23.6 Å². The second-order valence-electron chi connectivity index (χ2n) is 3.42. The number of benzene rings is 1. The van der Waals surface area contributed by atoms with Gasteiger partial charge in [0.2, 0.25) is 0 Å². The zero-order valence-corrected chi connectivity index (χ0v) is 8.71. The SMILES string of the molecule is C=[N+]=Nc1ccc(C(C)C)cc1N([O-])O. The fraction of sp³-hybridized carbons (Fsp3) is 0.300. The van der Waals surface area contributed by atoms with Crippen LogP contribution in [0.1, 0.15) is 25.3 Å². The zero-order valence-electron chi connectivity index (χ0n) is 8.71. The van der Waals surface area contributed by atoms with Crippen LogP contribution in [0.2, 0.25) is 0 Å². The van der Waals surface area contributed by atoms with E-state index < -0.39 is 0 Å². The number of anilines is 1. The van der Waals surface area contributed by atoms with Crippen molar-refractivity contribution < 1.29 is 10.00 Å². The van der Waals surface area contributed by atoms with Crippen LogP contribution in [-0.2, 0) is 0 Å². The van der Waals surface area contributed by atoms with E-state index in [1.807, 2.05) is 19.9 Å². The van der Waals surface area contributed by atoms with E-state index in [9.17, 15) is 5.21 Å². The number of hydrogen-bond acceptors (Lipinski definition) is 4. The highest BCUT2D eigenvalue weighted by molar-refractivity contribution is 5.66. The summed E-state index contributed by atoms with van der Waals surface area (Å²) in [5, 5.41) is 23.2. The Morgan fingerprint density at radius 2 is 2.20 bits per heavy atom. The molecule has 0 heterocycles. The number of nitrogens with zero attached hydrogens (tertiary/aromatic N) is 3. The second-order valence-corrected chi connectivity index (χ2v) is 3.42. The first-order valence-corrected chi connectivity index (χ1v) is 4.53. The summed E-state index contributed by atoms with van der Waals surface area (Å²) in [6.45, 7) is 7.18. The molecule has 0 bridgehead atoms. The molecule has 1 aromatic rings. The van der Waals surface area contributed by atoms with Crippen LogP contribution in [0, 0.1) is 5.21 Å². The highest BCUT2D eigenvalue weighted by Gasteiger charge is 2.09. The van der Waals surface area contributed by atoms with Gasteiger partial charge < -0.3 is 10.4 Å². The minimum atomic E-state index is -0.212. The standard InChI is InChI=1S/C10H13N3O2/c1-7(2)8-4-5-9(12-11-3)10(6-8)13(14)15/h4-7H,3H2,1-2H3,(H-,14,15). The Bertz CT molecular complexity index is 396. The van der Waals surface area contributed by atoms with Crippen molar-refractivity contribution >= 4 is 18.1 Å². The largest absolute Gasteiger partial charge is 0.733 e. The Kier molecular flexibility index (Phi) is 3.57. The van der Waals surface area contributed by atoms with Crippen molar-refractivity contribution in [2.75, 3.05) is 5.23 Å². The topological polar surface area (TPSA) is 73.0 Å². The molecule has 0 unspecified atom stereocenters. The first-order chi connectivity index (χ1) is 7.06. The average Bonchev–Trinajstić information content (AvgIpc) is 2.18. The number of rotatable bonds is 3. The van der Waals surface area contributed by atoms with E-state index in [2.05, 4.69) is 16.6 Å². The molecule has 5 heteroatoms. The summed E-state index contributed by atoms with van der Waals surface area (Å²) in [5.41, 5.74) is 1.32.